The zero-order valence-corrected chi connectivity index (χ0v) is 13.3. The quantitative estimate of drug-likeness (QED) is 0.825. The van der Waals surface area contributed by atoms with Gasteiger partial charge >= 0.3 is 0 Å². The highest BCUT2D eigenvalue weighted by Gasteiger charge is 2.41. The molecule has 2 saturated heterocycles. The Morgan fingerprint density at radius 3 is 3.09 bits per heavy atom. The van der Waals surface area contributed by atoms with E-state index in [-0.39, 0.29) is 17.9 Å². The average molecular weight is 303 g/mol. The monoisotopic (exact) mass is 303 g/mol. The smallest absolute Gasteiger partial charge is 0.228 e. The van der Waals surface area contributed by atoms with Crippen LogP contribution in [0.25, 0.3) is 0 Å². The van der Waals surface area contributed by atoms with E-state index in [9.17, 15) is 4.79 Å². The number of hydrogen-bond donors (Lipinski definition) is 2. The first-order chi connectivity index (χ1) is 10.6. The lowest BCUT2D eigenvalue weighted by Crippen LogP contribution is -2.44. The summed E-state index contributed by atoms with van der Waals surface area (Å²) in [7, 11) is 3.67. The number of rotatable bonds is 4. The molecule has 6 heteroatoms. The lowest BCUT2D eigenvalue weighted by molar-refractivity contribution is -0.133. The van der Waals surface area contributed by atoms with Gasteiger partial charge in [0.15, 0.2) is 0 Å². The molecule has 1 aromatic rings. The molecule has 0 saturated carbocycles. The van der Waals surface area contributed by atoms with Gasteiger partial charge in [0, 0.05) is 52.2 Å². The summed E-state index contributed by atoms with van der Waals surface area (Å²) in [4.78, 5) is 20.6. The van der Waals surface area contributed by atoms with E-state index in [0.717, 1.165) is 32.6 Å². The number of hydrazine groups is 1. The van der Waals surface area contributed by atoms with Crippen molar-refractivity contribution in [3.63, 3.8) is 0 Å². The summed E-state index contributed by atoms with van der Waals surface area (Å²) in [5, 5.41) is 0. The number of nitrogens with one attached hydrogen (secondary N) is 2. The molecule has 0 aromatic carbocycles. The van der Waals surface area contributed by atoms with Gasteiger partial charge in [0.1, 0.15) is 0 Å². The van der Waals surface area contributed by atoms with Crippen LogP contribution >= 0.6 is 0 Å². The fraction of sp³-hybridized carbons (Fsp3) is 0.625. The predicted octanol–water partition coefficient (Wildman–Crippen LogP) is 0.0843. The highest BCUT2D eigenvalue weighted by Crippen LogP contribution is 2.27. The second-order valence-electron chi connectivity index (χ2n) is 6.54. The molecule has 0 radical (unpaired) electrons. The first kappa shape index (κ1) is 15.4. The Balaban J connectivity index is 1.59. The van der Waals surface area contributed by atoms with Crippen LogP contribution in [-0.4, -0.2) is 60.5 Å². The van der Waals surface area contributed by atoms with Crippen molar-refractivity contribution in [2.24, 2.45) is 11.8 Å². The number of carbonyl (C=O) groups is 1. The Hall–Kier alpha value is -1.50. The summed E-state index contributed by atoms with van der Waals surface area (Å²) >= 11 is 0. The van der Waals surface area contributed by atoms with E-state index in [4.69, 9.17) is 0 Å². The number of likely N-dealkylation sites (tertiary alicyclic amines) is 1. The van der Waals surface area contributed by atoms with Gasteiger partial charge in [-0.25, -0.2) is 0 Å². The number of hydrogen-bond acceptors (Lipinski definition) is 5. The summed E-state index contributed by atoms with van der Waals surface area (Å²) < 4.78 is 0. The Labute approximate surface area is 131 Å². The van der Waals surface area contributed by atoms with Gasteiger partial charge < -0.3 is 4.90 Å². The maximum absolute atomic E-state index is 12.3. The molecular weight excluding hydrogens is 278 g/mol. The van der Waals surface area contributed by atoms with E-state index >= 15 is 0 Å². The lowest BCUT2D eigenvalue weighted by Gasteiger charge is -2.26. The van der Waals surface area contributed by atoms with Gasteiger partial charge in [0.2, 0.25) is 5.91 Å². The molecule has 120 valence electrons. The van der Waals surface area contributed by atoms with Crippen molar-refractivity contribution in [1.29, 1.82) is 0 Å². The second-order valence-corrected chi connectivity index (χ2v) is 6.54. The summed E-state index contributed by atoms with van der Waals surface area (Å²) in [6, 6.07) is 4.33. The van der Waals surface area contributed by atoms with Crippen molar-refractivity contribution < 1.29 is 4.79 Å². The SMILES string of the molecule is CN(C)C(=O)C1CNNC1C1CCN(Cc2cccnc2)C1. The third kappa shape index (κ3) is 3.29. The van der Waals surface area contributed by atoms with Crippen LogP contribution in [0, 0.1) is 11.8 Å². The van der Waals surface area contributed by atoms with Crippen molar-refractivity contribution in [2.75, 3.05) is 33.7 Å². The van der Waals surface area contributed by atoms with Gasteiger partial charge in [0.05, 0.1) is 5.92 Å². The number of amides is 1. The first-order valence-electron chi connectivity index (χ1n) is 7.96. The van der Waals surface area contributed by atoms with Crippen LogP contribution in [0.15, 0.2) is 24.5 Å². The van der Waals surface area contributed by atoms with Crippen molar-refractivity contribution in [3.8, 4) is 0 Å². The van der Waals surface area contributed by atoms with Gasteiger partial charge in [-0.1, -0.05) is 6.07 Å². The minimum atomic E-state index is 0.0401. The molecule has 22 heavy (non-hydrogen) atoms. The van der Waals surface area contributed by atoms with Crippen LogP contribution in [0.5, 0.6) is 0 Å². The molecule has 1 aromatic heterocycles. The molecule has 3 unspecified atom stereocenters. The topological polar surface area (TPSA) is 60.5 Å². The molecule has 3 rings (SSSR count). The predicted molar refractivity (Wildman–Crippen MR) is 84.7 cm³/mol. The highest BCUT2D eigenvalue weighted by atomic mass is 16.2. The van der Waals surface area contributed by atoms with E-state index in [1.165, 1.54) is 5.56 Å². The van der Waals surface area contributed by atoms with Crippen LogP contribution in [0.1, 0.15) is 12.0 Å². The zero-order valence-electron chi connectivity index (χ0n) is 13.3. The summed E-state index contributed by atoms with van der Waals surface area (Å²) in [5.41, 5.74) is 7.76. The molecule has 2 N–H and O–H groups in total. The number of aromatic nitrogens is 1. The zero-order chi connectivity index (χ0) is 15.5. The van der Waals surface area contributed by atoms with E-state index in [1.807, 2.05) is 32.6 Å². The highest BCUT2D eigenvalue weighted by molar-refractivity contribution is 5.79. The van der Waals surface area contributed by atoms with Crippen LogP contribution in [0.2, 0.25) is 0 Å². The number of carbonyl (C=O) groups excluding carboxylic acids is 1. The van der Waals surface area contributed by atoms with Crippen molar-refractivity contribution in [3.05, 3.63) is 30.1 Å². The van der Waals surface area contributed by atoms with Crippen molar-refractivity contribution in [2.45, 2.75) is 19.0 Å². The number of pyridine rings is 1. The molecule has 0 aliphatic carbocycles. The third-order valence-electron chi connectivity index (χ3n) is 4.73. The summed E-state index contributed by atoms with van der Waals surface area (Å²) in [5.74, 6) is 0.770. The first-order valence-corrected chi connectivity index (χ1v) is 7.96. The fourth-order valence-corrected chi connectivity index (χ4v) is 3.58. The van der Waals surface area contributed by atoms with Crippen molar-refractivity contribution >= 4 is 5.91 Å². The number of nitrogens with zero attached hydrogens (tertiary/aromatic N) is 3. The molecule has 2 fully saturated rings. The molecule has 0 spiro atoms. The van der Waals surface area contributed by atoms with Gasteiger partial charge in [-0.3, -0.25) is 25.5 Å². The molecule has 3 heterocycles. The van der Waals surface area contributed by atoms with Crippen LogP contribution in [-0.2, 0) is 11.3 Å². The largest absolute Gasteiger partial charge is 0.348 e. The van der Waals surface area contributed by atoms with E-state index < -0.39 is 0 Å². The second kappa shape index (κ2) is 6.73. The fourth-order valence-electron chi connectivity index (χ4n) is 3.58. The third-order valence-corrected chi connectivity index (χ3v) is 4.73. The molecular formula is C16H25N5O. The minimum Gasteiger partial charge on any atom is -0.348 e. The Bertz CT molecular complexity index is 507. The Morgan fingerprint density at radius 2 is 2.36 bits per heavy atom. The van der Waals surface area contributed by atoms with E-state index in [0.29, 0.717) is 5.92 Å². The normalized spacial score (nSPS) is 28.9. The van der Waals surface area contributed by atoms with Crippen LogP contribution < -0.4 is 10.9 Å². The van der Waals surface area contributed by atoms with E-state index in [1.54, 1.807) is 4.90 Å². The maximum atomic E-state index is 12.3. The maximum Gasteiger partial charge on any atom is 0.228 e. The Morgan fingerprint density at radius 1 is 1.50 bits per heavy atom. The lowest BCUT2D eigenvalue weighted by atomic mass is 9.88. The molecule has 3 atom stereocenters. The van der Waals surface area contributed by atoms with Crippen LogP contribution in [0.4, 0.5) is 0 Å². The van der Waals surface area contributed by atoms with Gasteiger partial charge in [-0.2, -0.15) is 0 Å². The molecule has 2 aliphatic heterocycles. The molecule has 2 aliphatic rings. The molecule has 1 amide bonds. The van der Waals surface area contributed by atoms with Crippen molar-refractivity contribution in [1.82, 2.24) is 25.6 Å². The average Bonchev–Trinajstić information content (AvgIpc) is 3.16. The molecule has 6 nitrogen and oxygen atoms in total. The minimum absolute atomic E-state index is 0.0401. The van der Waals surface area contributed by atoms with Crippen LogP contribution in [0.3, 0.4) is 0 Å². The standard InChI is InChI=1S/C16H25N5O/c1-20(2)16(22)14-9-18-19-15(14)13-5-7-21(11-13)10-12-4-3-6-17-8-12/h3-4,6,8,13-15,18-19H,5,7,9-11H2,1-2H3. The van der Waals surface area contributed by atoms with Gasteiger partial charge in [-0.15, -0.1) is 0 Å². The Kier molecular flexibility index (Phi) is 4.71. The van der Waals surface area contributed by atoms with E-state index in [2.05, 4.69) is 26.8 Å². The van der Waals surface area contributed by atoms with Gasteiger partial charge in [-0.05, 0) is 30.5 Å². The molecule has 0 bridgehead atoms. The summed E-state index contributed by atoms with van der Waals surface area (Å²) in [6.07, 6.45) is 4.87. The summed E-state index contributed by atoms with van der Waals surface area (Å²) in [6.45, 7) is 3.78. The van der Waals surface area contributed by atoms with Gasteiger partial charge in [0.25, 0.3) is 0 Å².